The van der Waals surface area contributed by atoms with Gasteiger partial charge in [0.2, 0.25) is 5.56 Å². The minimum atomic E-state index is -0.199. The molecule has 4 rings (SSSR count). The molecule has 0 bridgehead atoms. The van der Waals surface area contributed by atoms with Crippen LogP contribution in [0.5, 0.6) is 23.0 Å². The molecule has 0 radical (unpaired) electrons. The Labute approximate surface area is 156 Å². The molecule has 0 saturated carbocycles. The summed E-state index contributed by atoms with van der Waals surface area (Å²) in [6.45, 7) is 1.05. The van der Waals surface area contributed by atoms with E-state index in [0.29, 0.717) is 41.9 Å². The Bertz CT molecular complexity index is 1040. The smallest absolute Gasteiger partial charge is 0.249 e. The second-order valence-electron chi connectivity index (χ2n) is 6.07. The summed E-state index contributed by atoms with van der Waals surface area (Å²) in [5.74, 6) is 2.69. The molecule has 1 aliphatic rings. The number of hydrogen-bond donors (Lipinski definition) is 1. The van der Waals surface area contributed by atoms with Gasteiger partial charge < -0.3 is 23.9 Å². The summed E-state index contributed by atoms with van der Waals surface area (Å²) >= 11 is 0. The fourth-order valence-corrected chi connectivity index (χ4v) is 3.10. The van der Waals surface area contributed by atoms with Crippen LogP contribution < -0.4 is 24.5 Å². The van der Waals surface area contributed by atoms with E-state index in [0.717, 1.165) is 16.7 Å². The molecule has 0 atom stereocenters. The van der Waals surface area contributed by atoms with Gasteiger partial charge in [0.1, 0.15) is 24.7 Å². The van der Waals surface area contributed by atoms with Gasteiger partial charge in [-0.25, -0.2) is 0 Å². The van der Waals surface area contributed by atoms with E-state index in [1.807, 2.05) is 36.4 Å². The van der Waals surface area contributed by atoms with Gasteiger partial charge in [-0.15, -0.1) is 0 Å². The highest BCUT2D eigenvalue weighted by Gasteiger charge is 2.14. The second kappa shape index (κ2) is 7.07. The van der Waals surface area contributed by atoms with Crippen LogP contribution in [-0.2, 0) is 0 Å². The molecule has 27 heavy (non-hydrogen) atoms. The summed E-state index contributed by atoms with van der Waals surface area (Å²) in [6, 6.07) is 14.6. The summed E-state index contributed by atoms with van der Waals surface area (Å²) in [4.78, 5) is 15.2. The Kier molecular flexibility index (Phi) is 4.46. The predicted octanol–water partition coefficient (Wildman–Crippen LogP) is 3.50. The zero-order valence-corrected chi connectivity index (χ0v) is 15.1. The molecule has 2 aromatic carbocycles. The summed E-state index contributed by atoms with van der Waals surface area (Å²) in [7, 11) is 3.18. The molecule has 0 unspecified atom stereocenters. The van der Waals surface area contributed by atoms with Gasteiger partial charge >= 0.3 is 0 Å². The number of aromatic nitrogens is 1. The van der Waals surface area contributed by atoms with Gasteiger partial charge in [-0.2, -0.15) is 0 Å². The van der Waals surface area contributed by atoms with Gasteiger partial charge in [-0.05, 0) is 41.5 Å². The molecule has 1 aromatic heterocycles. The fourth-order valence-electron chi connectivity index (χ4n) is 3.10. The van der Waals surface area contributed by atoms with E-state index in [1.165, 1.54) is 0 Å². The van der Waals surface area contributed by atoms with Crippen LogP contribution in [0.1, 0.15) is 0 Å². The van der Waals surface area contributed by atoms with E-state index in [9.17, 15) is 4.79 Å². The van der Waals surface area contributed by atoms with Crippen LogP contribution >= 0.6 is 0 Å². The van der Waals surface area contributed by atoms with Crippen molar-refractivity contribution in [2.75, 3.05) is 27.4 Å². The minimum Gasteiger partial charge on any atom is -0.497 e. The molecule has 6 nitrogen and oxygen atoms in total. The molecule has 138 valence electrons. The molecule has 3 aromatic rings. The highest BCUT2D eigenvalue weighted by Crippen LogP contribution is 2.36. The second-order valence-corrected chi connectivity index (χ2v) is 6.07. The third-order valence-electron chi connectivity index (χ3n) is 4.42. The highest BCUT2D eigenvalue weighted by molar-refractivity contribution is 5.75. The standard InChI is InChI=1S/C21H19NO5/c1-24-15-4-5-16(19(12-15)25-2)17-9-14(11-21(23)22-17)13-3-6-18-20(10-13)27-8-7-26-18/h3-6,9-12H,7-8H2,1-2H3,(H,22,23). The normalized spacial score (nSPS) is 12.5. The average Bonchev–Trinajstić information content (AvgIpc) is 2.72. The third kappa shape index (κ3) is 3.33. The van der Waals surface area contributed by atoms with Crippen molar-refractivity contribution in [3.8, 4) is 45.4 Å². The van der Waals surface area contributed by atoms with Gasteiger partial charge in [0.15, 0.2) is 11.5 Å². The van der Waals surface area contributed by atoms with Crippen molar-refractivity contribution < 1.29 is 18.9 Å². The summed E-state index contributed by atoms with van der Waals surface area (Å²) in [6.07, 6.45) is 0. The molecule has 6 heteroatoms. The zero-order chi connectivity index (χ0) is 18.8. The first-order chi connectivity index (χ1) is 13.2. The van der Waals surface area contributed by atoms with Gasteiger partial charge in [0.05, 0.1) is 19.9 Å². The monoisotopic (exact) mass is 365 g/mol. The van der Waals surface area contributed by atoms with E-state index in [1.54, 1.807) is 26.4 Å². The maximum Gasteiger partial charge on any atom is 0.249 e. The molecule has 0 spiro atoms. The molecule has 1 aliphatic heterocycles. The van der Waals surface area contributed by atoms with E-state index in [-0.39, 0.29) is 5.56 Å². The minimum absolute atomic E-state index is 0.199. The van der Waals surface area contributed by atoms with Crippen molar-refractivity contribution in [3.63, 3.8) is 0 Å². The molecule has 0 saturated heterocycles. The summed E-state index contributed by atoms with van der Waals surface area (Å²) in [5, 5.41) is 0. The number of aromatic amines is 1. The first kappa shape index (κ1) is 17.0. The molecular formula is C21H19NO5. The van der Waals surface area contributed by atoms with Gasteiger partial charge in [0.25, 0.3) is 0 Å². The number of fused-ring (bicyclic) bond motifs is 1. The van der Waals surface area contributed by atoms with Crippen molar-refractivity contribution >= 4 is 0 Å². The first-order valence-corrected chi connectivity index (χ1v) is 8.55. The Balaban J connectivity index is 1.80. The van der Waals surface area contributed by atoms with Gasteiger partial charge in [-0.3, -0.25) is 4.79 Å². The van der Waals surface area contributed by atoms with Gasteiger partial charge in [0, 0.05) is 17.7 Å². The largest absolute Gasteiger partial charge is 0.497 e. The highest BCUT2D eigenvalue weighted by atomic mass is 16.6. The molecule has 0 fully saturated rings. The Morgan fingerprint density at radius 2 is 1.67 bits per heavy atom. The Hall–Kier alpha value is -3.41. The molecule has 2 heterocycles. The number of rotatable bonds is 4. The van der Waals surface area contributed by atoms with E-state index >= 15 is 0 Å². The van der Waals surface area contributed by atoms with Crippen molar-refractivity contribution in [2.45, 2.75) is 0 Å². The van der Waals surface area contributed by atoms with Crippen molar-refractivity contribution in [1.82, 2.24) is 4.98 Å². The van der Waals surface area contributed by atoms with E-state index in [4.69, 9.17) is 18.9 Å². The Morgan fingerprint density at radius 3 is 2.44 bits per heavy atom. The van der Waals surface area contributed by atoms with Crippen LogP contribution in [0.2, 0.25) is 0 Å². The number of pyridine rings is 1. The van der Waals surface area contributed by atoms with Crippen LogP contribution in [0.25, 0.3) is 22.4 Å². The molecule has 1 N–H and O–H groups in total. The third-order valence-corrected chi connectivity index (χ3v) is 4.42. The topological polar surface area (TPSA) is 69.8 Å². The maximum absolute atomic E-state index is 12.3. The number of hydrogen-bond acceptors (Lipinski definition) is 5. The maximum atomic E-state index is 12.3. The quantitative estimate of drug-likeness (QED) is 0.766. The predicted molar refractivity (Wildman–Crippen MR) is 102 cm³/mol. The average molecular weight is 365 g/mol. The SMILES string of the molecule is COc1ccc(-c2cc(-c3ccc4c(c3)OCCO4)cc(=O)[nH]2)c(OC)c1. The molecule has 0 amide bonds. The zero-order valence-electron chi connectivity index (χ0n) is 15.1. The van der Waals surface area contributed by atoms with E-state index < -0.39 is 0 Å². The number of methoxy groups -OCH3 is 2. The van der Waals surface area contributed by atoms with Crippen LogP contribution in [-0.4, -0.2) is 32.4 Å². The van der Waals surface area contributed by atoms with Crippen LogP contribution in [0.3, 0.4) is 0 Å². The number of ether oxygens (including phenoxy) is 4. The Morgan fingerprint density at radius 1 is 0.852 bits per heavy atom. The number of H-pyrrole nitrogens is 1. The van der Waals surface area contributed by atoms with Crippen LogP contribution in [0, 0.1) is 0 Å². The summed E-state index contributed by atoms with van der Waals surface area (Å²) in [5.41, 5.74) is 2.89. The summed E-state index contributed by atoms with van der Waals surface area (Å²) < 4.78 is 21.9. The van der Waals surface area contributed by atoms with Crippen LogP contribution in [0.15, 0.2) is 53.3 Å². The van der Waals surface area contributed by atoms with Gasteiger partial charge in [-0.1, -0.05) is 6.07 Å². The lowest BCUT2D eigenvalue weighted by atomic mass is 10.0. The lowest BCUT2D eigenvalue weighted by Crippen LogP contribution is -2.15. The van der Waals surface area contributed by atoms with Crippen molar-refractivity contribution in [2.24, 2.45) is 0 Å². The molecule has 0 aliphatic carbocycles. The van der Waals surface area contributed by atoms with E-state index in [2.05, 4.69) is 4.98 Å². The lowest BCUT2D eigenvalue weighted by Gasteiger charge is -2.19. The number of benzene rings is 2. The van der Waals surface area contributed by atoms with Crippen molar-refractivity contribution in [1.29, 1.82) is 0 Å². The molecular weight excluding hydrogens is 346 g/mol. The lowest BCUT2D eigenvalue weighted by molar-refractivity contribution is 0.171. The fraction of sp³-hybridized carbons (Fsp3) is 0.190. The first-order valence-electron chi connectivity index (χ1n) is 8.55. The van der Waals surface area contributed by atoms with Crippen LogP contribution in [0.4, 0.5) is 0 Å². The van der Waals surface area contributed by atoms with Crippen molar-refractivity contribution in [3.05, 3.63) is 58.9 Å². The number of nitrogens with one attached hydrogen (secondary N) is 1.